The summed E-state index contributed by atoms with van der Waals surface area (Å²) >= 11 is 0. The molecule has 3 amide bonds. The van der Waals surface area contributed by atoms with Crippen LogP contribution in [0.5, 0.6) is 0 Å². The maximum Gasteiger partial charge on any atom is 0.331 e. The zero-order chi connectivity index (χ0) is 18.8. The second kappa shape index (κ2) is 9.78. The van der Waals surface area contributed by atoms with Crippen LogP contribution in [0.15, 0.2) is 66.7 Å². The van der Waals surface area contributed by atoms with Crippen molar-refractivity contribution in [3.8, 4) is 0 Å². The van der Waals surface area contributed by atoms with E-state index in [4.69, 9.17) is 4.74 Å². The van der Waals surface area contributed by atoms with Crippen molar-refractivity contribution in [3.05, 3.63) is 77.9 Å². The van der Waals surface area contributed by atoms with Gasteiger partial charge in [0.2, 0.25) is 6.10 Å². The van der Waals surface area contributed by atoms with Crippen LogP contribution in [0.1, 0.15) is 24.2 Å². The van der Waals surface area contributed by atoms with Crippen LogP contribution in [0.3, 0.4) is 0 Å². The Morgan fingerprint density at radius 2 is 1.62 bits per heavy atom. The molecule has 6 heteroatoms. The molecule has 0 saturated carbocycles. The average molecular weight is 352 g/mol. The zero-order valence-corrected chi connectivity index (χ0v) is 14.3. The normalized spacial score (nSPS) is 11.6. The Labute approximate surface area is 151 Å². The molecule has 0 aromatic heterocycles. The Hall–Kier alpha value is -3.41. The van der Waals surface area contributed by atoms with Gasteiger partial charge in [-0.15, -0.1) is 0 Å². The molecular weight excluding hydrogens is 332 g/mol. The SMILES string of the molecule is CCNC(=O)NC(=O)[C@@H](OC(=O)/C=C/c1ccccc1)c1ccccc1. The molecule has 0 aliphatic carbocycles. The fraction of sp³-hybridized carbons (Fsp3) is 0.150. The molecule has 0 fully saturated rings. The molecule has 0 aliphatic heterocycles. The number of imide groups is 1. The van der Waals surface area contributed by atoms with Crippen molar-refractivity contribution < 1.29 is 19.1 Å². The highest BCUT2D eigenvalue weighted by atomic mass is 16.5. The van der Waals surface area contributed by atoms with Gasteiger partial charge in [0.05, 0.1) is 0 Å². The largest absolute Gasteiger partial charge is 0.444 e. The van der Waals surface area contributed by atoms with E-state index in [0.717, 1.165) is 5.56 Å². The van der Waals surface area contributed by atoms with Crippen LogP contribution in [0.4, 0.5) is 4.79 Å². The fourth-order valence-corrected chi connectivity index (χ4v) is 2.17. The van der Waals surface area contributed by atoms with Gasteiger partial charge in [0, 0.05) is 18.2 Å². The lowest BCUT2D eigenvalue weighted by molar-refractivity contribution is -0.151. The molecule has 0 bridgehead atoms. The van der Waals surface area contributed by atoms with E-state index >= 15 is 0 Å². The summed E-state index contributed by atoms with van der Waals surface area (Å²) in [5, 5.41) is 4.63. The molecule has 0 aliphatic rings. The number of nitrogens with one attached hydrogen (secondary N) is 2. The molecular formula is C20H20N2O4. The summed E-state index contributed by atoms with van der Waals surface area (Å²) in [5.74, 6) is -1.41. The van der Waals surface area contributed by atoms with Crippen molar-refractivity contribution in [2.45, 2.75) is 13.0 Å². The molecule has 0 spiro atoms. The van der Waals surface area contributed by atoms with Crippen LogP contribution in [0.2, 0.25) is 0 Å². The van der Waals surface area contributed by atoms with E-state index in [1.807, 2.05) is 30.3 Å². The third-order valence-electron chi connectivity index (χ3n) is 3.36. The van der Waals surface area contributed by atoms with Gasteiger partial charge in [0.1, 0.15) is 0 Å². The quantitative estimate of drug-likeness (QED) is 0.618. The number of carbonyl (C=O) groups is 3. The predicted octanol–water partition coefficient (Wildman–Crippen LogP) is 2.83. The van der Waals surface area contributed by atoms with Gasteiger partial charge < -0.3 is 10.1 Å². The summed E-state index contributed by atoms with van der Waals surface area (Å²) in [4.78, 5) is 36.1. The van der Waals surface area contributed by atoms with Crippen molar-refractivity contribution in [2.24, 2.45) is 0 Å². The van der Waals surface area contributed by atoms with Crippen molar-refractivity contribution in [2.75, 3.05) is 6.54 Å². The number of amides is 3. The number of carbonyl (C=O) groups excluding carboxylic acids is 3. The van der Waals surface area contributed by atoms with E-state index in [0.29, 0.717) is 12.1 Å². The molecule has 1 atom stereocenters. The van der Waals surface area contributed by atoms with Crippen LogP contribution >= 0.6 is 0 Å². The lowest BCUT2D eigenvalue weighted by Crippen LogP contribution is -2.42. The first kappa shape index (κ1) is 18.9. The Bertz CT molecular complexity index is 773. The standard InChI is InChI=1S/C20H20N2O4/c1-2-21-20(25)22-19(24)18(16-11-7-4-8-12-16)26-17(23)14-13-15-9-5-3-6-10-15/h3-14,18H,2H2,1H3,(H2,21,22,24,25)/b14-13+/t18-/m0/s1. The van der Waals surface area contributed by atoms with Gasteiger partial charge in [0.25, 0.3) is 5.91 Å². The van der Waals surface area contributed by atoms with E-state index in [-0.39, 0.29) is 0 Å². The summed E-state index contributed by atoms with van der Waals surface area (Å²) in [6.07, 6.45) is 1.60. The van der Waals surface area contributed by atoms with Crippen LogP contribution < -0.4 is 10.6 Å². The summed E-state index contributed by atoms with van der Waals surface area (Å²) < 4.78 is 5.28. The Kier molecular flexibility index (Phi) is 7.12. The van der Waals surface area contributed by atoms with Crippen molar-refractivity contribution in [1.29, 1.82) is 0 Å². The van der Waals surface area contributed by atoms with Gasteiger partial charge >= 0.3 is 12.0 Å². The van der Waals surface area contributed by atoms with Gasteiger partial charge in [-0.3, -0.25) is 10.1 Å². The first-order chi connectivity index (χ1) is 12.6. The maximum absolute atomic E-state index is 12.4. The zero-order valence-electron chi connectivity index (χ0n) is 14.3. The minimum Gasteiger partial charge on any atom is -0.444 e. The Morgan fingerprint density at radius 3 is 2.23 bits per heavy atom. The number of hydrogen-bond donors (Lipinski definition) is 2. The van der Waals surface area contributed by atoms with E-state index in [2.05, 4.69) is 10.6 Å². The van der Waals surface area contributed by atoms with E-state index in [1.165, 1.54) is 6.08 Å². The summed E-state index contributed by atoms with van der Waals surface area (Å²) in [6, 6.07) is 17.1. The average Bonchev–Trinajstić information content (AvgIpc) is 2.66. The number of rotatable bonds is 6. The highest BCUT2D eigenvalue weighted by molar-refractivity contribution is 5.98. The second-order valence-corrected chi connectivity index (χ2v) is 5.32. The molecule has 2 N–H and O–H groups in total. The van der Waals surface area contributed by atoms with E-state index < -0.39 is 24.0 Å². The lowest BCUT2D eigenvalue weighted by Gasteiger charge is -2.16. The molecule has 0 radical (unpaired) electrons. The highest BCUT2D eigenvalue weighted by Crippen LogP contribution is 2.18. The fourth-order valence-electron chi connectivity index (χ4n) is 2.17. The van der Waals surface area contributed by atoms with Crippen molar-refractivity contribution in [3.63, 3.8) is 0 Å². The Morgan fingerprint density at radius 1 is 1.00 bits per heavy atom. The summed E-state index contributed by atoms with van der Waals surface area (Å²) in [6.45, 7) is 2.10. The molecule has 0 unspecified atom stereocenters. The summed E-state index contributed by atoms with van der Waals surface area (Å²) in [5.41, 5.74) is 1.29. The lowest BCUT2D eigenvalue weighted by atomic mass is 10.1. The number of urea groups is 1. The molecule has 2 rings (SSSR count). The minimum absolute atomic E-state index is 0.370. The topological polar surface area (TPSA) is 84.5 Å². The van der Waals surface area contributed by atoms with Crippen molar-refractivity contribution >= 4 is 24.0 Å². The van der Waals surface area contributed by atoms with Gasteiger partial charge in [-0.1, -0.05) is 60.7 Å². The maximum atomic E-state index is 12.4. The first-order valence-corrected chi connectivity index (χ1v) is 8.17. The van der Waals surface area contributed by atoms with E-state index in [9.17, 15) is 14.4 Å². The monoisotopic (exact) mass is 352 g/mol. The minimum atomic E-state index is -1.23. The van der Waals surface area contributed by atoms with Crippen LogP contribution in [-0.2, 0) is 14.3 Å². The number of esters is 1. The van der Waals surface area contributed by atoms with Crippen LogP contribution in [-0.4, -0.2) is 24.5 Å². The molecule has 134 valence electrons. The van der Waals surface area contributed by atoms with Gasteiger partial charge in [-0.05, 0) is 18.6 Å². The highest BCUT2D eigenvalue weighted by Gasteiger charge is 2.25. The third-order valence-corrected chi connectivity index (χ3v) is 3.36. The van der Waals surface area contributed by atoms with Crippen molar-refractivity contribution in [1.82, 2.24) is 10.6 Å². The second-order valence-electron chi connectivity index (χ2n) is 5.32. The van der Waals surface area contributed by atoms with Gasteiger partial charge in [-0.2, -0.15) is 0 Å². The molecule has 6 nitrogen and oxygen atoms in total. The number of benzene rings is 2. The molecule has 2 aromatic carbocycles. The number of hydrogen-bond acceptors (Lipinski definition) is 4. The van der Waals surface area contributed by atoms with Gasteiger partial charge in [0.15, 0.2) is 0 Å². The number of ether oxygens (including phenoxy) is 1. The van der Waals surface area contributed by atoms with Crippen LogP contribution in [0.25, 0.3) is 6.08 Å². The molecule has 0 heterocycles. The van der Waals surface area contributed by atoms with Gasteiger partial charge in [-0.25, -0.2) is 9.59 Å². The predicted molar refractivity (Wildman–Crippen MR) is 98.0 cm³/mol. The third kappa shape index (κ3) is 5.90. The van der Waals surface area contributed by atoms with Crippen LogP contribution in [0, 0.1) is 0 Å². The smallest absolute Gasteiger partial charge is 0.331 e. The molecule has 26 heavy (non-hydrogen) atoms. The van der Waals surface area contributed by atoms with E-state index in [1.54, 1.807) is 43.3 Å². The molecule has 2 aromatic rings. The Balaban J connectivity index is 2.11. The molecule has 0 saturated heterocycles. The summed E-state index contributed by atoms with van der Waals surface area (Å²) in [7, 11) is 0. The first-order valence-electron chi connectivity index (χ1n) is 8.17.